The third-order valence-electron chi connectivity index (χ3n) is 4.55. The molecule has 0 bridgehead atoms. The fourth-order valence-electron chi connectivity index (χ4n) is 3.13. The molecule has 2 rings (SSSR count). The molecule has 1 saturated heterocycles. The Labute approximate surface area is 123 Å². The molecule has 1 aromatic rings. The van der Waals surface area contributed by atoms with E-state index in [-0.39, 0.29) is 0 Å². The average molecular weight is 278 g/mol. The van der Waals surface area contributed by atoms with Gasteiger partial charge in [0.1, 0.15) is 0 Å². The van der Waals surface area contributed by atoms with Crippen molar-refractivity contribution >= 4 is 0 Å². The summed E-state index contributed by atoms with van der Waals surface area (Å²) in [5.74, 6) is 0. The van der Waals surface area contributed by atoms with Gasteiger partial charge in [0.2, 0.25) is 0 Å². The van der Waals surface area contributed by atoms with Gasteiger partial charge < -0.3 is 4.90 Å². The van der Waals surface area contributed by atoms with Crippen molar-refractivity contribution < 1.29 is 0 Å². The highest BCUT2D eigenvalue weighted by atomic mass is 15.3. The van der Waals surface area contributed by atoms with Crippen LogP contribution in [0.4, 0.5) is 0 Å². The van der Waals surface area contributed by atoms with Crippen molar-refractivity contribution in [3.8, 4) is 0 Å². The van der Waals surface area contributed by atoms with Crippen molar-refractivity contribution in [3.05, 3.63) is 17.5 Å². The van der Waals surface area contributed by atoms with E-state index in [0.29, 0.717) is 0 Å². The molecule has 1 aliphatic heterocycles. The van der Waals surface area contributed by atoms with E-state index in [9.17, 15) is 0 Å². The molecule has 0 aliphatic carbocycles. The van der Waals surface area contributed by atoms with Crippen molar-refractivity contribution in [2.75, 3.05) is 27.2 Å². The number of aromatic nitrogens is 2. The first-order valence-electron chi connectivity index (χ1n) is 8.02. The summed E-state index contributed by atoms with van der Waals surface area (Å²) in [7, 11) is 4.42. The van der Waals surface area contributed by atoms with Gasteiger partial charge in [-0.1, -0.05) is 6.92 Å². The predicted molar refractivity (Wildman–Crippen MR) is 83.9 cm³/mol. The Morgan fingerprint density at radius 1 is 1.30 bits per heavy atom. The van der Waals surface area contributed by atoms with E-state index in [4.69, 9.17) is 0 Å². The van der Waals surface area contributed by atoms with Gasteiger partial charge in [0.05, 0.1) is 6.20 Å². The normalized spacial score (nSPS) is 21.4. The molecule has 0 radical (unpaired) electrons. The molecule has 2 heterocycles. The third-order valence-corrected chi connectivity index (χ3v) is 4.55. The molecule has 0 spiro atoms. The highest BCUT2D eigenvalue weighted by Crippen LogP contribution is 2.18. The summed E-state index contributed by atoms with van der Waals surface area (Å²) in [6.45, 7) is 8.95. The van der Waals surface area contributed by atoms with E-state index in [2.05, 4.69) is 53.7 Å². The molecule has 114 valence electrons. The lowest BCUT2D eigenvalue weighted by Crippen LogP contribution is -2.30. The fourth-order valence-corrected chi connectivity index (χ4v) is 3.13. The van der Waals surface area contributed by atoms with Crippen molar-refractivity contribution in [1.82, 2.24) is 19.6 Å². The van der Waals surface area contributed by atoms with Crippen LogP contribution in [-0.2, 0) is 13.1 Å². The quantitative estimate of drug-likeness (QED) is 0.827. The third kappa shape index (κ3) is 3.83. The lowest BCUT2D eigenvalue weighted by Gasteiger charge is -2.23. The van der Waals surface area contributed by atoms with Crippen molar-refractivity contribution in [3.63, 3.8) is 0 Å². The first kappa shape index (κ1) is 15.5. The lowest BCUT2D eigenvalue weighted by molar-refractivity contribution is 0.245. The molecule has 0 aromatic carbocycles. The second-order valence-corrected chi connectivity index (χ2v) is 6.30. The molecule has 0 unspecified atom stereocenters. The minimum Gasteiger partial charge on any atom is -0.306 e. The molecule has 0 N–H and O–H groups in total. The van der Waals surface area contributed by atoms with Crippen LogP contribution in [0.2, 0.25) is 0 Å². The van der Waals surface area contributed by atoms with E-state index in [0.717, 1.165) is 25.6 Å². The maximum absolute atomic E-state index is 4.52. The molecule has 1 fully saturated rings. The van der Waals surface area contributed by atoms with Crippen LogP contribution in [0.1, 0.15) is 43.9 Å². The smallest absolute Gasteiger partial charge is 0.0537 e. The highest BCUT2D eigenvalue weighted by Gasteiger charge is 2.19. The number of hydrogen-bond acceptors (Lipinski definition) is 3. The van der Waals surface area contributed by atoms with Crippen LogP contribution in [0, 0.1) is 6.92 Å². The molecule has 1 aromatic heterocycles. The van der Waals surface area contributed by atoms with E-state index in [1.165, 1.54) is 43.6 Å². The Kier molecular flexibility index (Phi) is 5.61. The summed E-state index contributed by atoms with van der Waals surface area (Å²) in [5, 5.41) is 4.52. The van der Waals surface area contributed by atoms with Crippen LogP contribution in [0.25, 0.3) is 0 Å². The molecular weight excluding hydrogens is 248 g/mol. The van der Waals surface area contributed by atoms with Gasteiger partial charge >= 0.3 is 0 Å². The summed E-state index contributed by atoms with van der Waals surface area (Å²) in [5.41, 5.74) is 2.75. The second kappa shape index (κ2) is 7.23. The summed E-state index contributed by atoms with van der Waals surface area (Å²) in [4.78, 5) is 4.98. The maximum atomic E-state index is 4.52. The van der Waals surface area contributed by atoms with Gasteiger partial charge in [0.15, 0.2) is 0 Å². The van der Waals surface area contributed by atoms with Gasteiger partial charge in [-0.05, 0) is 59.8 Å². The van der Waals surface area contributed by atoms with Crippen molar-refractivity contribution in [2.45, 2.75) is 58.7 Å². The fraction of sp³-hybridized carbons (Fsp3) is 0.812. The molecule has 1 atom stereocenters. The Morgan fingerprint density at radius 2 is 2.10 bits per heavy atom. The zero-order valence-electron chi connectivity index (χ0n) is 13.6. The van der Waals surface area contributed by atoms with Crippen LogP contribution < -0.4 is 0 Å². The minimum atomic E-state index is 0.754. The molecular formula is C16H30N4. The predicted octanol–water partition coefficient (Wildman–Crippen LogP) is 2.52. The van der Waals surface area contributed by atoms with Gasteiger partial charge in [-0.15, -0.1) is 0 Å². The SMILES string of the molecule is CCCn1ncc(CN2CCC[C@@H](N(C)C)CC2)c1C. The van der Waals surface area contributed by atoms with Crippen molar-refractivity contribution in [2.24, 2.45) is 0 Å². The van der Waals surface area contributed by atoms with E-state index in [1.807, 2.05) is 0 Å². The molecule has 0 amide bonds. The Bertz CT molecular complexity index is 411. The van der Waals surface area contributed by atoms with Gasteiger partial charge in [-0.2, -0.15) is 5.10 Å². The maximum Gasteiger partial charge on any atom is 0.0537 e. The summed E-state index contributed by atoms with van der Waals surface area (Å²) >= 11 is 0. The number of rotatable bonds is 5. The van der Waals surface area contributed by atoms with Crippen LogP contribution in [0.3, 0.4) is 0 Å². The first-order valence-corrected chi connectivity index (χ1v) is 8.02. The largest absolute Gasteiger partial charge is 0.306 e. The van der Waals surface area contributed by atoms with Crippen LogP contribution in [0.15, 0.2) is 6.20 Å². The van der Waals surface area contributed by atoms with E-state index < -0.39 is 0 Å². The number of hydrogen-bond donors (Lipinski definition) is 0. The molecule has 0 saturated carbocycles. The summed E-state index contributed by atoms with van der Waals surface area (Å²) < 4.78 is 2.15. The standard InChI is InChI=1S/C16H30N4/c1-5-9-20-14(2)15(12-17-20)13-19-10-6-7-16(8-11-19)18(3)4/h12,16H,5-11,13H2,1-4H3/t16-/m1/s1. The number of likely N-dealkylation sites (tertiary alicyclic amines) is 1. The Morgan fingerprint density at radius 3 is 2.80 bits per heavy atom. The first-order chi connectivity index (χ1) is 9.61. The minimum absolute atomic E-state index is 0.754. The highest BCUT2D eigenvalue weighted by molar-refractivity contribution is 5.16. The number of nitrogens with zero attached hydrogens (tertiary/aromatic N) is 4. The monoisotopic (exact) mass is 278 g/mol. The second-order valence-electron chi connectivity index (χ2n) is 6.30. The summed E-state index contributed by atoms with van der Waals surface area (Å²) in [6, 6.07) is 0.754. The average Bonchev–Trinajstić information content (AvgIpc) is 2.65. The Hall–Kier alpha value is -0.870. The number of aryl methyl sites for hydroxylation is 1. The zero-order valence-corrected chi connectivity index (χ0v) is 13.6. The molecule has 4 nitrogen and oxygen atoms in total. The van der Waals surface area contributed by atoms with Crippen molar-refractivity contribution in [1.29, 1.82) is 0 Å². The van der Waals surface area contributed by atoms with E-state index >= 15 is 0 Å². The van der Waals surface area contributed by atoms with Crippen LogP contribution in [-0.4, -0.2) is 52.8 Å². The van der Waals surface area contributed by atoms with Gasteiger partial charge in [0, 0.05) is 30.4 Å². The molecule has 20 heavy (non-hydrogen) atoms. The Balaban J connectivity index is 1.93. The van der Waals surface area contributed by atoms with Gasteiger partial charge in [-0.3, -0.25) is 9.58 Å². The van der Waals surface area contributed by atoms with E-state index in [1.54, 1.807) is 0 Å². The molecule has 4 heteroatoms. The topological polar surface area (TPSA) is 24.3 Å². The zero-order chi connectivity index (χ0) is 14.5. The molecule has 1 aliphatic rings. The van der Waals surface area contributed by atoms with Crippen LogP contribution in [0.5, 0.6) is 0 Å². The lowest BCUT2D eigenvalue weighted by atomic mass is 10.1. The van der Waals surface area contributed by atoms with Gasteiger partial charge in [0.25, 0.3) is 0 Å². The van der Waals surface area contributed by atoms with Crippen LogP contribution >= 0.6 is 0 Å². The van der Waals surface area contributed by atoms with Gasteiger partial charge in [-0.25, -0.2) is 0 Å². The summed E-state index contributed by atoms with van der Waals surface area (Å²) in [6.07, 6.45) is 7.15.